The minimum absolute atomic E-state index is 0.0895. The second-order valence-corrected chi connectivity index (χ2v) is 22.1. The predicted molar refractivity (Wildman–Crippen MR) is 46.6 cm³/mol. The van der Waals surface area contributed by atoms with E-state index in [1.165, 1.54) is 9.04 Å². The van der Waals surface area contributed by atoms with Gasteiger partial charge in [0.25, 0.3) is 0 Å². The molecule has 47 valence electrons. The van der Waals surface area contributed by atoms with Gasteiger partial charge in [-0.25, -0.2) is 0 Å². The lowest BCUT2D eigenvalue weighted by atomic mass is 11.9. The molecular formula is C5H15Si3. The molecule has 0 saturated carbocycles. The van der Waals surface area contributed by atoms with Gasteiger partial charge in [0.05, 0.1) is 0 Å². The molecule has 0 N–H and O–H groups in total. The van der Waals surface area contributed by atoms with Crippen molar-refractivity contribution in [2.45, 2.75) is 32.7 Å². The molecule has 0 amide bonds. The highest BCUT2D eigenvalue weighted by molar-refractivity contribution is 7.54. The molecule has 3 heteroatoms. The van der Waals surface area contributed by atoms with Gasteiger partial charge in [-0.15, -0.1) is 0 Å². The molecule has 0 atom stereocenters. The van der Waals surface area contributed by atoms with E-state index < -0.39 is 7.11 Å². The van der Waals surface area contributed by atoms with Gasteiger partial charge in [-0.3, -0.25) is 0 Å². The standard InChI is InChI=1S/C5H15Si3/c1-6-8(4,5)7(2)3/h1-5H3. The van der Waals surface area contributed by atoms with Crippen LogP contribution in [0.2, 0.25) is 32.7 Å². The van der Waals surface area contributed by atoms with E-state index in [0.29, 0.717) is 0 Å². The molecule has 0 aliphatic heterocycles. The molecule has 3 radical (unpaired) electrons. The number of hydrogen-bond acceptors (Lipinski definition) is 0. The van der Waals surface area contributed by atoms with E-state index in [9.17, 15) is 0 Å². The summed E-state index contributed by atoms with van der Waals surface area (Å²) in [6, 6.07) is 0. The highest BCUT2D eigenvalue weighted by atomic mass is 29.6. The minimum Gasteiger partial charge on any atom is -0.0756 e. The van der Waals surface area contributed by atoms with Crippen LogP contribution >= 0.6 is 0 Å². The van der Waals surface area contributed by atoms with E-state index in [0.717, 1.165) is 0 Å². The van der Waals surface area contributed by atoms with Crippen LogP contribution in [0.1, 0.15) is 0 Å². The Labute approximate surface area is 57.7 Å². The Hall–Kier alpha value is 0.651. The Kier molecular flexibility index (Phi) is 3.23. The molecule has 0 aliphatic rings. The Morgan fingerprint density at radius 2 is 1.62 bits per heavy atom. The lowest BCUT2D eigenvalue weighted by molar-refractivity contribution is 1.93. The first-order valence-corrected chi connectivity index (χ1v) is 12.0. The Bertz CT molecular complexity index is 68.1. The Morgan fingerprint density at radius 3 is 1.62 bits per heavy atom. The average Bonchev–Trinajstić information content (AvgIpc) is 1.67. The molecule has 0 aromatic heterocycles. The van der Waals surface area contributed by atoms with Crippen molar-refractivity contribution < 1.29 is 0 Å². The molecule has 0 spiro atoms. The van der Waals surface area contributed by atoms with E-state index in [1.54, 1.807) is 0 Å². The van der Waals surface area contributed by atoms with Crippen LogP contribution in [-0.4, -0.2) is 24.5 Å². The third-order valence-corrected chi connectivity index (χ3v) is 23.6. The SMILES string of the molecule is C[Si][Si](C)(C)[Si](C)C. The molecule has 0 heterocycles. The molecule has 0 nitrogen and oxygen atoms in total. The summed E-state index contributed by atoms with van der Waals surface area (Å²) in [7, 11) is 0.713. The predicted octanol–water partition coefficient (Wildman–Crippen LogP) is 1.78. The minimum atomic E-state index is -0.625. The third-order valence-electron chi connectivity index (χ3n) is 1.88. The summed E-state index contributed by atoms with van der Waals surface area (Å²) in [5.41, 5.74) is 0. The first kappa shape index (κ1) is 8.65. The largest absolute Gasteiger partial charge is 0.0756 e. The van der Waals surface area contributed by atoms with E-state index >= 15 is 0 Å². The topological polar surface area (TPSA) is 0 Å². The third kappa shape index (κ3) is 2.28. The van der Waals surface area contributed by atoms with Crippen LogP contribution in [0.4, 0.5) is 0 Å². The van der Waals surface area contributed by atoms with Gasteiger partial charge in [0.2, 0.25) is 0 Å². The fourth-order valence-electron chi connectivity index (χ4n) is 0.250. The maximum absolute atomic E-state index is 2.51. The lowest BCUT2D eigenvalue weighted by Crippen LogP contribution is -2.46. The molecule has 0 unspecified atom stereocenters. The van der Waals surface area contributed by atoms with Gasteiger partial charge in [0, 0.05) is 24.5 Å². The Morgan fingerprint density at radius 1 is 1.25 bits per heavy atom. The van der Waals surface area contributed by atoms with Gasteiger partial charge in [0.1, 0.15) is 0 Å². The van der Waals surface area contributed by atoms with Crippen molar-refractivity contribution in [2.75, 3.05) is 0 Å². The molecule has 0 bridgehead atoms. The second kappa shape index (κ2) is 2.98. The molecule has 0 saturated heterocycles. The zero-order valence-electron chi connectivity index (χ0n) is 6.50. The molecule has 0 rings (SSSR count). The maximum atomic E-state index is 2.51. The van der Waals surface area contributed by atoms with Crippen LogP contribution in [0.25, 0.3) is 0 Å². The van der Waals surface area contributed by atoms with Crippen LogP contribution in [0.5, 0.6) is 0 Å². The van der Waals surface area contributed by atoms with Gasteiger partial charge in [0.15, 0.2) is 0 Å². The van der Waals surface area contributed by atoms with Crippen molar-refractivity contribution in [3.63, 3.8) is 0 Å². The van der Waals surface area contributed by atoms with Crippen LogP contribution in [0.15, 0.2) is 0 Å². The number of rotatable bonds is 2. The van der Waals surface area contributed by atoms with Crippen LogP contribution in [-0.2, 0) is 0 Å². The molecular weight excluding hydrogens is 144 g/mol. The molecule has 0 aromatic rings. The average molecular weight is 159 g/mol. The van der Waals surface area contributed by atoms with Gasteiger partial charge in [-0.1, -0.05) is 32.7 Å². The van der Waals surface area contributed by atoms with E-state index in [-0.39, 0.29) is 8.31 Å². The highest BCUT2D eigenvalue weighted by Gasteiger charge is 2.23. The summed E-state index contributed by atoms with van der Waals surface area (Å²) in [6.07, 6.45) is 0. The van der Waals surface area contributed by atoms with Crippen molar-refractivity contribution in [3.05, 3.63) is 0 Å². The summed E-state index contributed by atoms with van der Waals surface area (Å²) in [4.78, 5) is 0. The van der Waals surface area contributed by atoms with Crippen molar-refractivity contribution in [1.29, 1.82) is 0 Å². The summed E-state index contributed by atoms with van der Waals surface area (Å²) >= 11 is 0. The zero-order chi connectivity index (χ0) is 6.78. The van der Waals surface area contributed by atoms with Gasteiger partial charge in [-0.05, 0) is 0 Å². The summed E-state index contributed by atoms with van der Waals surface area (Å²) in [5.74, 6) is 0. The molecule has 8 heavy (non-hydrogen) atoms. The zero-order valence-corrected chi connectivity index (χ0v) is 9.50. The van der Waals surface area contributed by atoms with Crippen molar-refractivity contribution >= 4 is 24.5 Å². The van der Waals surface area contributed by atoms with E-state index in [1.807, 2.05) is 0 Å². The van der Waals surface area contributed by atoms with Crippen molar-refractivity contribution in [2.24, 2.45) is 0 Å². The normalized spacial score (nSPS) is 12.8. The lowest BCUT2D eigenvalue weighted by Gasteiger charge is -2.22. The summed E-state index contributed by atoms with van der Waals surface area (Å²) < 4.78 is 0. The van der Waals surface area contributed by atoms with Gasteiger partial charge in [-0.2, -0.15) is 0 Å². The summed E-state index contributed by atoms with van der Waals surface area (Å²) in [6.45, 7) is 12.3. The first-order chi connectivity index (χ1) is 3.50. The van der Waals surface area contributed by atoms with Crippen molar-refractivity contribution in [1.82, 2.24) is 0 Å². The molecule has 0 fully saturated rings. The fourth-order valence-corrected chi connectivity index (χ4v) is 6.75. The summed E-state index contributed by atoms with van der Waals surface area (Å²) in [5, 5.41) is 0. The quantitative estimate of drug-likeness (QED) is 0.539. The van der Waals surface area contributed by atoms with E-state index in [4.69, 9.17) is 0 Å². The van der Waals surface area contributed by atoms with Gasteiger partial charge < -0.3 is 0 Å². The highest BCUT2D eigenvalue weighted by Crippen LogP contribution is 2.03. The van der Waals surface area contributed by atoms with Crippen LogP contribution in [0.3, 0.4) is 0 Å². The van der Waals surface area contributed by atoms with Crippen LogP contribution in [0, 0.1) is 0 Å². The first-order valence-electron chi connectivity index (χ1n) is 3.00. The monoisotopic (exact) mass is 159 g/mol. The number of hydrogen-bond donors (Lipinski definition) is 0. The van der Waals surface area contributed by atoms with Crippen molar-refractivity contribution in [3.8, 4) is 0 Å². The molecule has 0 aromatic carbocycles. The molecule has 0 aliphatic carbocycles. The second-order valence-electron chi connectivity index (χ2n) is 2.88. The van der Waals surface area contributed by atoms with E-state index in [2.05, 4.69) is 32.7 Å². The van der Waals surface area contributed by atoms with Gasteiger partial charge >= 0.3 is 0 Å². The smallest absolute Gasteiger partial charge is 0.0304 e. The fraction of sp³-hybridized carbons (Fsp3) is 1.00. The van der Waals surface area contributed by atoms with Crippen LogP contribution < -0.4 is 0 Å². The Balaban J connectivity index is 3.71. The maximum Gasteiger partial charge on any atom is 0.0304 e.